The van der Waals surface area contributed by atoms with Gasteiger partial charge in [0.25, 0.3) is 6.43 Å². The standard InChI is InChI=1S/C28H29F2N7O3/c1-17-8-22(32-26(9-17)33-25-11-19(28(29)30)6-7-31-25)23-16-37(35-34-23)14-18-10-27(38)36(13-18)15-20-4-5-21(39-2)12-24(20)40-3/h4-9,11-12,16,18,28H,10,13-15H2,1-3H3,(H,31,32,33). The van der Waals surface area contributed by atoms with E-state index in [0.29, 0.717) is 54.8 Å². The predicted octanol–water partition coefficient (Wildman–Crippen LogP) is 4.79. The van der Waals surface area contributed by atoms with Crippen molar-refractivity contribution >= 4 is 17.5 Å². The molecule has 1 aliphatic heterocycles. The summed E-state index contributed by atoms with van der Waals surface area (Å²) in [6.07, 6.45) is 0.942. The summed E-state index contributed by atoms with van der Waals surface area (Å²) in [7, 11) is 3.19. The van der Waals surface area contributed by atoms with E-state index in [2.05, 4.69) is 25.6 Å². The molecule has 0 spiro atoms. The van der Waals surface area contributed by atoms with Gasteiger partial charge in [-0.2, -0.15) is 0 Å². The highest BCUT2D eigenvalue weighted by Gasteiger charge is 2.30. The molecule has 0 aliphatic carbocycles. The van der Waals surface area contributed by atoms with Crippen LogP contribution in [0.1, 0.15) is 29.5 Å². The largest absolute Gasteiger partial charge is 0.497 e. The molecule has 4 aromatic rings. The first-order valence-electron chi connectivity index (χ1n) is 12.7. The Hall–Kier alpha value is -4.61. The third-order valence-corrected chi connectivity index (χ3v) is 6.66. The van der Waals surface area contributed by atoms with E-state index in [-0.39, 0.29) is 23.2 Å². The first-order chi connectivity index (χ1) is 19.3. The molecule has 1 atom stereocenters. The number of ether oxygens (including phenoxy) is 2. The smallest absolute Gasteiger partial charge is 0.264 e. The van der Waals surface area contributed by atoms with Gasteiger partial charge in [0.15, 0.2) is 0 Å². The summed E-state index contributed by atoms with van der Waals surface area (Å²) in [5, 5.41) is 11.5. The number of anilines is 2. The summed E-state index contributed by atoms with van der Waals surface area (Å²) in [5.41, 5.74) is 2.82. The molecule has 40 heavy (non-hydrogen) atoms. The van der Waals surface area contributed by atoms with Gasteiger partial charge in [-0.1, -0.05) is 5.21 Å². The Morgan fingerprint density at radius 2 is 1.93 bits per heavy atom. The summed E-state index contributed by atoms with van der Waals surface area (Å²) in [6.45, 7) is 3.46. The van der Waals surface area contributed by atoms with E-state index < -0.39 is 6.43 Å². The number of nitrogens with one attached hydrogen (secondary N) is 1. The van der Waals surface area contributed by atoms with Crippen LogP contribution in [-0.2, 0) is 17.9 Å². The summed E-state index contributed by atoms with van der Waals surface area (Å²) < 4.78 is 38.6. The van der Waals surface area contributed by atoms with Crippen molar-refractivity contribution in [2.75, 3.05) is 26.1 Å². The molecule has 0 bridgehead atoms. The normalized spacial score (nSPS) is 15.1. The number of carbonyl (C=O) groups is 1. The number of hydrogen-bond acceptors (Lipinski definition) is 8. The number of alkyl halides is 2. The fraction of sp³-hybridized carbons (Fsp3) is 0.321. The zero-order chi connectivity index (χ0) is 28.2. The number of nitrogens with zero attached hydrogens (tertiary/aromatic N) is 6. The van der Waals surface area contributed by atoms with Gasteiger partial charge in [0, 0.05) is 55.4 Å². The number of methoxy groups -OCH3 is 2. The molecule has 12 heteroatoms. The minimum atomic E-state index is -2.59. The van der Waals surface area contributed by atoms with Crippen LogP contribution in [0.5, 0.6) is 11.5 Å². The van der Waals surface area contributed by atoms with Crippen LogP contribution in [0.3, 0.4) is 0 Å². The van der Waals surface area contributed by atoms with Crippen LogP contribution in [0.4, 0.5) is 20.4 Å². The third-order valence-electron chi connectivity index (χ3n) is 6.66. The number of aromatic nitrogens is 5. The van der Waals surface area contributed by atoms with Crippen LogP contribution >= 0.6 is 0 Å². The molecule has 3 aromatic heterocycles. The van der Waals surface area contributed by atoms with Gasteiger partial charge < -0.3 is 19.7 Å². The molecule has 4 heterocycles. The van der Waals surface area contributed by atoms with E-state index in [1.54, 1.807) is 31.2 Å². The van der Waals surface area contributed by atoms with Gasteiger partial charge in [-0.15, -0.1) is 5.10 Å². The highest BCUT2D eigenvalue weighted by Crippen LogP contribution is 2.29. The second-order valence-electron chi connectivity index (χ2n) is 9.66. The first-order valence-corrected chi connectivity index (χ1v) is 12.7. The molecule has 1 amide bonds. The first kappa shape index (κ1) is 27.0. The number of pyridine rings is 2. The van der Waals surface area contributed by atoms with Crippen LogP contribution in [0.15, 0.2) is 54.9 Å². The van der Waals surface area contributed by atoms with Crippen molar-refractivity contribution in [1.29, 1.82) is 0 Å². The van der Waals surface area contributed by atoms with Gasteiger partial charge in [0.2, 0.25) is 5.91 Å². The summed E-state index contributed by atoms with van der Waals surface area (Å²) >= 11 is 0. The third kappa shape index (κ3) is 6.16. The van der Waals surface area contributed by atoms with Gasteiger partial charge >= 0.3 is 0 Å². The number of likely N-dealkylation sites (tertiary alicyclic amines) is 1. The van der Waals surface area contributed by atoms with Crippen molar-refractivity contribution < 1.29 is 23.0 Å². The van der Waals surface area contributed by atoms with E-state index in [0.717, 1.165) is 11.1 Å². The maximum Gasteiger partial charge on any atom is 0.264 e. The van der Waals surface area contributed by atoms with Crippen LogP contribution < -0.4 is 14.8 Å². The molecule has 1 fully saturated rings. The van der Waals surface area contributed by atoms with Gasteiger partial charge in [0.1, 0.15) is 28.8 Å². The van der Waals surface area contributed by atoms with Crippen molar-refractivity contribution in [2.45, 2.75) is 32.9 Å². The average molecular weight is 550 g/mol. The predicted molar refractivity (Wildman–Crippen MR) is 144 cm³/mol. The van der Waals surface area contributed by atoms with E-state index in [1.165, 1.54) is 18.3 Å². The lowest BCUT2D eigenvalue weighted by molar-refractivity contribution is -0.128. The molecular weight excluding hydrogens is 520 g/mol. The number of amides is 1. The monoisotopic (exact) mass is 549 g/mol. The average Bonchev–Trinajstić information content (AvgIpc) is 3.54. The second-order valence-corrected chi connectivity index (χ2v) is 9.66. The molecule has 1 saturated heterocycles. The number of halogens is 2. The van der Waals surface area contributed by atoms with Crippen molar-refractivity contribution in [2.24, 2.45) is 5.92 Å². The van der Waals surface area contributed by atoms with Crippen molar-refractivity contribution in [3.05, 3.63) is 71.5 Å². The SMILES string of the molecule is COc1ccc(CN2CC(Cn3cc(-c4cc(C)cc(Nc5cc(C(F)F)ccn5)n4)nn3)CC2=O)c(OC)c1. The van der Waals surface area contributed by atoms with Crippen LogP contribution in [0.25, 0.3) is 11.4 Å². The molecule has 1 unspecified atom stereocenters. The lowest BCUT2D eigenvalue weighted by atomic mass is 10.1. The quantitative estimate of drug-likeness (QED) is 0.301. The van der Waals surface area contributed by atoms with E-state index in [1.807, 2.05) is 36.1 Å². The number of hydrogen-bond donors (Lipinski definition) is 1. The Morgan fingerprint density at radius 1 is 1.07 bits per heavy atom. The minimum absolute atomic E-state index is 0.0715. The van der Waals surface area contributed by atoms with Gasteiger partial charge in [-0.05, 0) is 48.9 Å². The fourth-order valence-corrected chi connectivity index (χ4v) is 4.73. The molecule has 1 aromatic carbocycles. The lowest BCUT2D eigenvalue weighted by Crippen LogP contribution is -2.25. The molecular formula is C28H29F2N7O3. The van der Waals surface area contributed by atoms with Crippen molar-refractivity contribution in [3.63, 3.8) is 0 Å². The zero-order valence-corrected chi connectivity index (χ0v) is 22.3. The number of benzene rings is 1. The van der Waals surface area contributed by atoms with Crippen LogP contribution in [0.2, 0.25) is 0 Å². The van der Waals surface area contributed by atoms with Crippen LogP contribution in [0, 0.1) is 12.8 Å². The van der Waals surface area contributed by atoms with E-state index in [9.17, 15) is 13.6 Å². The molecule has 208 valence electrons. The lowest BCUT2D eigenvalue weighted by Gasteiger charge is -2.19. The highest BCUT2D eigenvalue weighted by atomic mass is 19.3. The molecule has 5 rings (SSSR count). The van der Waals surface area contributed by atoms with Gasteiger partial charge in [0.05, 0.1) is 26.1 Å². The maximum atomic E-state index is 13.1. The zero-order valence-electron chi connectivity index (χ0n) is 22.3. The topological polar surface area (TPSA) is 107 Å². The summed E-state index contributed by atoms with van der Waals surface area (Å²) in [4.78, 5) is 23.3. The molecule has 10 nitrogen and oxygen atoms in total. The summed E-state index contributed by atoms with van der Waals surface area (Å²) in [5.74, 6) is 2.24. The van der Waals surface area contributed by atoms with Gasteiger partial charge in [-0.25, -0.2) is 18.7 Å². The van der Waals surface area contributed by atoms with Crippen molar-refractivity contribution in [1.82, 2.24) is 29.9 Å². The van der Waals surface area contributed by atoms with E-state index >= 15 is 0 Å². The Labute approximate surface area is 230 Å². The van der Waals surface area contributed by atoms with Crippen molar-refractivity contribution in [3.8, 4) is 22.9 Å². The highest BCUT2D eigenvalue weighted by molar-refractivity contribution is 5.78. The molecule has 1 N–H and O–H groups in total. The Morgan fingerprint density at radius 3 is 2.70 bits per heavy atom. The number of rotatable bonds is 10. The maximum absolute atomic E-state index is 13.1. The second kappa shape index (κ2) is 11.6. The Balaban J connectivity index is 1.25. The molecule has 0 radical (unpaired) electrons. The van der Waals surface area contributed by atoms with Crippen LogP contribution in [-0.4, -0.2) is 56.5 Å². The molecule has 0 saturated carbocycles. The van der Waals surface area contributed by atoms with Gasteiger partial charge in [-0.3, -0.25) is 9.48 Å². The number of aryl methyl sites for hydroxylation is 1. The molecule has 1 aliphatic rings. The number of carbonyl (C=O) groups excluding carboxylic acids is 1. The fourth-order valence-electron chi connectivity index (χ4n) is 4.73. The minimum Gasteiger partial charge on any atom is -0.497 e. The Bertz CT molecular complexity index is 1510. The van der Waals surface area contributed by atoms with E-state index in [4.69, 9.17) is 9.47 Å². The summed E-state index contributed by atoms with van der Waals surface area (Å²) in [6, 6.07) is 11.8. The Kier molecular flexibility index (Phi) is 7.85.